The van der Waals surface area contributed by atoms with Crippen LogP contribution in [0.4, 0.5) is 0 Å². The van der Waals surface area contributed by atoms with Crippen LogP contribution in [0.5, 0.6) is 0 Å². The van der Waals surface area contributed by atoms with Crippen molar-refractivity contribution in [2.24, 2.45) is 5.92 Å². The smallest absolute Gasteiger partial charge is 0.223 e. The normalized spacial score (nSPS) is 20.2. The molecule has 3 rings (SSSR count). The van der Waals surface area contributed by atoms with Crippen LogP contribution in [0.3, 0.4) is 0 Å². The minimum absolute atomic E-state index is 0.188. The SMILES string of the molecule is CS(=O)(=O)C[C@@H](O)c1cc2n(n1)CCN(C(=O)CC1CCCC1)C2. The topological polar surface area (TPSA) is 92.5 Å². The first-order chi connectivity index (χ1) is 11.3. The highest BCUT2D eigenvalue weighted by atomic mass is 32.2. The lowest BCUT2D eigenvalue weighted by Gasteiger charge is -2.28. The van der Waals surface area contributed by atoms with Crippen LogP contribution < -0.4 is 0 Å². The number of carbonyl (C=O) groups excluding carboxylic acids is 1. The summed E-state index contributed by atoms with van der Waals surface area (Å²) < 4.78 is 24.4. The van der Waals surface area contributed by atoms with Gasteiger partial charge in [-0.05, 0) is 24.8 Å². The molecule has 0 unspecified atom stereocenters. The summed E-state index contributed by atoms with van der Waals surface area (Å²) in [5, 5.41) is 14.3. The average molecular weight is 355 g/mol. The van der Waals surface area contributed by atoms with Crippen LogP contribution in [0, 0.1) is 5.92 Å². The van der Waals surface area contributed by atoms with Crippen molar-refractivity contribution < 1.29 is 18.3 Å². The standard InChI is InChI=1S/C16H25N3O4S/c1-24(22,23)11-15(20)14-9-13-10-18(6-7-19(13)17-14)16(21)8-12-4-2-3-5-12/h9,12,15,20H,2-8,10-11H2,1H3/t15-/m1/s1. The number of aromatic nitrogens is 2. The minimum atomic E-state index is -3.27. The van der Waals surface area contributed by atoms with Crippen molar-refractivity contribution in [1.82, 2.24) is 14.7 Å². The van der Waals surface area contributed by atoms with Gasteiger partial charge in [-0.1, -0.05) is 12.8 Å². The molecule has 1 aromatic rings. The van der Waals surface area contributed by atoms with Crippen LogP contribution in [0.2, 0.25) is 0 Å². The van der Waals surface area contributed by atoms with Gasteiger partial charge in [0, 0.05) is 19.2 Å². The third-order valence-electron chi connectivity index (χ3n) is 4.91. The number of aliphatic hydroxyl groups excluding tert-OH is 1. The van der Waals surface area contributed by atoms with Gasteiger partial charge in [-0.2, -0.15) is 5.10 Å². The van der Waals surface area contributed by atoms with Crippen LogP contribution in [0.1, 0.15) is 49.6 Å². The second kappa shape index (κ2) is 6.84. The van der Waals surface area contributed by atoms with E-state index in [2.05, 4.69) is 5.10 Å². The first kappa shape index (κ1) is 17.4. The molecule has 1 fully saturated rings. The molecule has 0 aromatic carbocycles. The Labute approximate surface area is 142 Å². The molecule has 1 atom stereocenters. The minimum Gasteiger partial charge on any atom is -0.386 e. The molecule has 1 amide bonds. The van der Waals surface area contributed by atoms with E-state index in [1.807, 2.05) is 4.90 Å². The molecule has 0 spiro atoms. The zero-order valence-electron chi connectivity index (χ0n) is 14.0. The maximum Gasteiger partial charge on any atom is 0.223 e. The van der Waals surface area contributed by atoms with Crippen molar-refractivity contribution in [1.29, 1.82) is 0 Å². The molecule has 2 aliphatic rings. The number of nitrogens with zero attached hydrogens (tertiary/aromatic N) is 3. The molecule has 1 aliphatic carbocycles. The molecule has 2 heterocycles. The highest BCUT2D eigenvalue weighted by Crippen LogP contribution is 2.29. The van der Waals surface area contributed by atoms with E-state index in [0.717, 1.165) is 24.8 Å². The molecule has 0 radical (unpaired) electrons. The zero-order valence-corrected chi connectivity index (χ0v) is 14.8. The van der Waals surface area contributed by atoms with E-state index in [9.17, 15) is 18.3 Å². The van der Waals surface area contributed by atoms with Gasteiger partial charge in [0.1, 0.15) is 15.9 Å². The van der Waals surface area contributed by atoms with Crippen molar-refractivity contribution in [3.05, 3.63) is 17.5 Å². The molecule has 0 bridgehead atoms. The van der Waals surface area contributed by atoms with E-state index in [4.69, 9.17) is 0 Å². The van der Waals surface area contributed by atoms with Gasteiger partial charge < -0.3 is 10.0 Å². The van der Waals surface area contributed by atoms with Crippen molar-refractivity contribution in [3.63, 3.8) is 0 Å². The average Bonchev–Trinajstić information content (AvgIpc) is 3.13. The molecular formula is C16H25N3O4S. The van der Waals surface area contributed by atoms with Crippen molar-refractivity contribution in [2.75, 3.05) is 18.6 Å². The van der Waals surface area contributed by atoms with Gasteiger partial charge in [-0.25, -0.2) is 8.42 Å². The van der Waals surface area contributed by atoms with E-state index in [-0.39, 0.29) is 11.7 Å². The van der Waals surface area contributed by atoms with E-state index >= 15 is 0 Å². The van der Waals surface area contributed by atoms with E-state index in [1.165, 1.54) is 12.8 Å². The van der Waals surface area contributed by atoms with Crippen LogP contribution in [0.15, 0.2) is 6.07 Å². The fraction of sp³-hybridized carbons (Fsp3) is 0.750. The second-order valence-corrected chi connectivity index (χ2v) is 9.25. The van der Waals surface area contributed by atoms with Gasteiger partial charge in [0.05, 0.1) is 30.2 Å². The number of hydrogen-bond acceptors (Lipinski definition) is 5. The lowest BCUT2D eigenvalue weighted by atomic mass is 10.0. The van der Waals surface area contributed by atoms with Crippen LogP contribution in [-0.2, 0) is 27.7 Å². The lowest BCUT2D eigenvalue weighted by Crippen LogP contribution is -2.38. The maximum absolute atomic E-state index is 12.5. The summed E-state index contributed by atoms with van der Waals surface area (Å²) in [6, 6.07) is 1.71. The third kappa shape index (κ3) is 4.16. The molecule has 1 aliphatic heterocycles. The Kier molecular flexibility index (Phi) is 4.96. The number of carbonyl (C=O) groups is 1. The third-order valence-corrected chi connectivity index (χ3v) is 5.83. The molecule has 7 nitrogen and oxygen atoms in total. The van der Waals surface area contributed by atoms with Crippen molar-refractivity contribution >= 4 is 15.7 Å². The largest absolute Gasteiger partial charge is 0.386 e. The lowest BCUT2D eigenvalue weighted by molar-refractivity contribution is -0.133. The molecule has 1 N–H and O–H groups in total. The van der Waals surface area contributed by atoms with E-state index < -0.39 is 15.9 Å². The number of amides is 1. The van der Waals surface area contributed by atoms with E-state index in [1.54, 1.807) is 10.7 Å². The fourth-order valence-electron chi connectivity index (χ4n) is 3.63. The monoisotopic (exact) mass is 355 g/mol. The van der Waals surface area contributed by atoms with Crippen LogP contribution in [0.25, 0.3) is 0 Å². The first-order valence-corrected chi connectivity index (χ1v) is 10.6. The quantitative estimate of drug-likeness (QED) is 0.846. The molecule has 1 saturated carbocycles. The van der Waals surface area contributed by atoms with Gasteiger partial charge in [0.2, 0.25) is 5.91 Å². The molecule has 1 aromatic heterocycles. The number of fused-ring (bicyclic) bond motifs is 1. The van der Waals surface area contributed by atoms with Crippen LogP contribution >= 0.6 is 0 Å². The summed E-state index contributed by atoms with van der Waals surface area (Å²) >= 11 is 0. The Bertz CT molecular complexity index is 707. The zero-order chi connectivity index (χ0) is 17.3. The Hall–Kier alpha value is -1.41. The predicted octanol–water partition coefficient (Wildman–Crippen LogP) is 0.884. The summed E-state index contributed by atoms with van der Waals surface area (Å²) in [5.41, 5.74) is 1.21. The Morgan fingerprint density at radius 2 is 2.08 bits per heavy atom. The summed E-state index contributed by atoms with van der Waals surface area (Å²) in [4.78, 5) is 14.3. The summed E-state index contributed by atoms with van der Waals surface area (Å²) in [5.74, 6) is 0.373. The van der Waals surface area contributed by atoms with Crippen LogP contribution in [-0.4, -0.2) is 52.7 Å². The Morgan fingerprint density at radius 1 is 1.38 bits per heavy atom. The Balaban J connectivity index is 1.64. The second-order valence-electron chi connectivity index (χ2n) is 7.06. The van der Waals surface area contributed by atoms with E-state index in [0.29, 0.717) is 37.7 Å². The summed E-state index contributed by atoms with van der Waals surface area (Å²) in [7, 11) is -3.27. The number of sulfone groups is 1. The first-order valence-electron chi connectivity index (χ1n) is 8.52. The van der Waals surface area contributed by atoms with Gasteiger partial charge in [0.25, 0.3) is 0 Å². The molecule has 134 valence electrons. The molecular weight excluding hydrogens is 330 g/mol. The molecule has 24 heavy (non-hydrogen) atoms. The van der Waals surface area contributed by atoms with Crippen molar-refractivity contribution in [3.8, 4) is 0 Å². The molecule has 8 heteroatoms. The van der Waals surface area contributed by atoms with Gasteiger partial charge in [-0.3, -0.25) is 9.48 Å². The maximum atomic E-state index is 12.5. The summed E-state index contributed by atoms with van der Waals surface area (Å²) in [6.45, 7) is 1.67. The van der Waals surface area contributed by atoms with Gasteiger partial charge in [0.15, 0.2) is 0 Å². The molecule has 0 saturated heterocycles. The highest BCUT2D eigenvalue weighted by molar-refractivity contribution is 7.90. The highest BCUT2D eigenvalue weighted by Gasteiger charge is 2.27. The predicted molar refractivity (Wildman–Crippen MR) is 88.9 cm³/mol. The van der Waals surface area contributed by atoms with Gasteiger partial charge in [-0.15, -0.1) is 0 Å². The summed E-state index contributed by atoms with van der Waals surface area (Å²) in [6.07, 6.45) is 5.35. The number of hydrogen-bond donors (Lipinski definition) is 1. The number of rotatable bonds is 5. The van der Waals surface area contributed by atoms with Gasteiger partial charge >= 0.3 is 0 Å². The number of aliphatic hydroxyl groups is 1. The van der Waals surface area contributed by atoms with Crippen molar-refractivity contribution in [2.45, 2.75) is 51.3 Å². The Morgan fingerprint density at radius 3 is 2.75 bits per heavy atom. The fourth-order valence-corrected chi connectivity index (χ4v) is 4.37.